The molecule has 4 rings (SSSR count). The van der Waals surface area contributed by atoms with Crippen molar-refractivity contribution in [3.63, 3.8) is 0 Å². The van der Waals surface area contributed by atoms with Crippen LogP contribution in [0.3, 0.4) is 0 Å². The second-order valence-corrected chi connectivity index (χ2v) is 8.28. The first-order valence-electron chi connectivity index (χ1n) is 10.3. The number of thiol groups is 1. The van der Waals surface area contributed by atoms with E-state index in [-0.39, 0.29) is 29.0 Å². The van der Waals surface area contributed by atoms with Crippen molar-refractivity contribution in [1.82, 2.24) is 9.91 Å². The number of likely N-dealkylation sites (tertiary alicyclic amines) is 1. The molecule has 0 unspecified atom stereocenters. The Hall–Kier alpha value is -2.48. The number of benzene rings is 1. The SMILES string of the molecule is COc1ccc(C2=NN(C3CCN(C(=O)S)CC3)C(=O)[C@@H]3CC=CC[C@H]23)cc1OC. The van der Waals surface area contributed by atoms with Crippen molar-refractivity contribution < 1.29 is 19.1 Å². The first kappa shape index (κ1) is 20.8. The first-order valence-corrected chi connectivity index (χ1v) is 10.7. The van der Waals surface area contributed by atoms with Crippen LogP contribution in [0.25, 0.3) is 0 Å². The van der Waals surface area contributed by atoms with Crippen LogP contribution in [0.1, 0.15) is 31.2 Å². The maximum absolute atomic E-state index is 13.3. The summed E-state index contributed by atoms with van der Waals surface area (Å²) in [6.07, 6.45) is 7.15. The normalized spacial score (nSPS) is 24.4. The molecule has 30 heavy (non-hydrogen) atoms. The molecule has 0 spiro atoms. The number of piperidine rings is 1. The van der Waals surface area contributed by atoms with Gasteiger partial charge < -0.3 is 14.4 Å². The van der Waals surface area contributed by atoms with Crippen LogP contribution in [0.15, 0.2) is 35.5 Å². The van der Waals surface area contributed by atoms with E-state index in [2.05, 4.69) is 24.8 Å². The number of ether oxygens (including phenoxy) is 2. The third kappa shape index (κ3) is 3.80. The van der Waals surface area contributed by atoms with E-state index in [9.17, 15) is 9.59 Å². The molecule has 0 aromatic heterocycles. The van der Waals surface area contributed by atoms with Crippen molar-refractivity contribution in [1.29, 1.82) is 0 Å². The van der Waals surface area contributed by atoms with Crippen LogP contribution in [-0.4, -0.2) is 60.1 Å². The molecular formula is C22H27N3O4S. The van der Waals surface area contributed by atoms with Crippen LogP contribution in [0.2, 0.25) is 0 Å². The van der Waals surface area contributed by atoms with E-state index >= 15 is 0 Å². The van der Waals surface area contributed by atoms with Crippen LogP contribution < -0.4 is 9.47 Å². The molecule has 2 amide bonds. The summed E-state index contributed by atoms with van der Waals surface area (Å²) in [5, 5.41) is 6.36. The predicted octanol–water partition coefficient (Wildman–Crippen LogP) is 3.35. The zero-order chi connectivity index (χ0) is 21.3. The number of rotatable bonds is 4. The fraction of sp³-hybridized carbons (Fsp3) is 0.500. The maximum Gasteiger partial charge on any atom is 0.278 e. The standard InChI is InChI=1S/C22H27N3O4S/c1-28-18-8-7-14(13-19(18)29-2)20-16-5-3-4-6-17(16)21(26)25(23-20)15-9-11-24(12-10-15)22(27)30/h3-4,7-8,13,15-17H,5-6,9-12H2,1-2H3,(H,27,30)/t16-,17+/m0/s1. The van der Waals surface area contributed by atoms with Crippen molar-refractivity contribution >= 4 is 29.5 Å². The number of carbonyl (C=O) groups excluding carboxylic acids is 2. The lowest BCUT2D eigenvalue weighted by molar-refractivity contribution is -0.141. The van der Waals surface area contributed by atoms with Gasteiger partial charge in [-0.2, -0.15) is 5.10 Å². The van der Waals surface area contributed by atoms with Crippen LogP contribution in [-0.2, 0) is 4.79 Å². The highest BCUT2D eigenvalue weighted by Crippen LogP contribution is 2.38. The number of hydrogen-bond donors (Lipinski definition) is 1. The number of allylic oxidation sites excluding steroid dienone is 2. The molecule has 0 N–H and O–H groups in total. The van der Waals surface area contributed by atoms with Crippen molar-refractivity contribution in [2.24, 2.45) is 16.9 Å². The third-order valence-corrected chi connectivity index (χ3v) is 6.59. The highest BCUT2D eigenvalue weighted by molar-refractivity contribution is 7.96. The van der Waals surface area contributed by atoms with Crippen LogP contribution in [0.5, 0.6) is 11.5 Å². The molecule has 0 saturated carbocycles. The summed E-state index contributed by atoms with van der Waals surface area (Å²) >= 11 is 3.92. The molecule has 2 heterocycles. The van der Waals surface area contributed by atoms with Gasteiger partial charge >= 0.3 is 0 Å². The van der Waals surface area contributed by atoms with Gasteiger partial charge in [0.2, 0.25) is 5.91 Å². The highest BCUT2D eigenvalue weighted by atomic mass is 32.1. The minimum atomic E-state index is -0.217. The molecule has 1 aromatic carbocycles. The number of methoxy groups -OCH3 is 2. The van der Waals surface area contributed by atoms with Gasteiger partial charge in [0, 0.05) is 24.6 Å². The summed E-state index contributed by atoms with van der Waals surface area (Å²) in [5.74, 6) is 1.33. The van der Waals surface area contributed by atoms with E-state index in [4.69, 9.17) is 14.6 Å². The van der Waals surface area contributed by atoms with E-state index in [1.165, 1.54) is 0 Å². The Bertz CT molecular complexity index is 892. The summed E-state index contributed by atoms with van der Waals surface area (Å²) in [7, 11) is 3.22. The summed E-state index contributed by atoms with van der Waals surface area (Å²) in [6.45, 7) is 1.18. The van der Waals surface area contributed by atoms with Crippen LogP contribution in [0.4, 0.5) is 4.79 Å². The molecule has 160 valence electrons. The summed E-state index contributed by atoms with van der Waals surface area (Å²) in [5.41, 5.74) is 1.86. The fourth-order valence-electron chi connectivity index (χ4n) is 4.63. The fourth-order valence-corrected chi connectivity index (χ4v) is 4.83. The van der Waals surface area contributed by atoms with Crippen LogP contribution in [0, 0.1) is 11.8 Å². The second kappa shape index (κ2) is 8.71. The molecular weight excluding hydrogens is 402 g/mol. The van der Waals surface area contributed by atoms with Gasteiger partial charge in [0.15, 0.2) is 11.5 Å². The minimum absolute atomic E-state index is 0.0107. The predicted molar refractivity (Wildman–Crippen MR) is 117 cm³/mol. The summed E-state index contributed by atoms with van der Waals surface area (Å²) in [6, 6.07) is 5.78. The van der Waals surface area contributed by atoms with E-state index in [1.807, 2.05) is 18.2 Å². The molecule has 8 heteroatoms. The average Bonchev–Trinajstić information content (AvgIpc) is 2.79. The first-order chi connectivity index (χ1) is 14.5. The Morgan fingerprint density at radius 3 is 2.37 bits per heavy atom. The van der Waals surface area contributed by atoms with Gasteiger partial charge in [0.05, 0.1) is 31.9 Å². The molecule has 0 bridgehead atoms. The zero-order valence-electron chi connectivity index (χ0n) is 17.3. The maximum atomic E-state index is 13.3. The van der Waals surface area contributed by atoms with Gasteiger partial charge in [-0.05, 0) is 43.9 Å². The van der Waals surface area contributed by atoms with E-state index in [0.717, 1.165) is 24.1 Å². The van der Waals surface area contributed by atoms with Gasteiger partial charge in [0.25, 0.3) is 5.24 Å². The van der Waals surface area contributed by atoms with E-state index in [1.54, 1.807) is 24.1 Å². The molecule has 3 aliphatic rings. The number of fused-ring (bicyclic) bond motifs is 1. The van der Waals surface area contributed by atoms with Crippen molar-refractivity contribution in [2.45, 2.75) is 31.7 Å². The quantitative estimate of drug-likeness (QED) is 0.589. The smallest absolute Gasteiger partial charge is 0.278 e. The lowest BCUT2D eigenvalue weighted by Crippen LogP contribution is -2.52. The molecule has 2 atom stereocenters. The van der Waals surface area contributed by atoms with Crippen LogP contribution >= 0.6 is 12.6 Å². The van der Waals surface area contributed by atoms with Crippen molar-refractivity contribution in [3.05, 3.63) is 35.9 Å². The summed E-state index contributed by atoms with van der Waals surface area (Å²) < 4.78 is 10.9. The van der Waals surface area contributed by atoms with Gasteiger partial charge in [0.1, 0.15) is 0 Å². The third-order valence-electron chi connectivity index (χ3n) is 6.30. The molecule has 7 nitrogen and oxygen atoms in total. The monoisotopic (exact) mass is 429 g/mol. The molecule has 1 aliphatic carbocycles. The van der Waals surface area contributed by atoms with Gasteiger partial charge in [-0.15, -0.1) is 0 Å². The van der Waals surface area contributed by atoms with Gasteiger partial charge in [-0.1, -0.05) is 24.8 Å². The van der Waals surface area contributed by atoms with E-state index in [0.29, 0.717) is 37.4 Å². The Kier molecular flexibility index (Phi) is 6.04. The average molecular weight is 430 g/mol. The van der Waals surface area contributed by atoms with Gasteiger partial charge in [-0.3, -0.25) is 9.59 Å². The number of nitrogens with zero attached hydrogens (tertiary/aromatic N) is 3. The Morgan fingerprint density at radius 2 is 1.73 bits per heavy atom. The van der Waals surface area contributed by atoms with Crippen molar-refractivity contribution in [2.75, 3.05) is 27.3 Å². The molecule has 0 radical (unpaired) electrons. The Labute approximate surface area is 182 Å². The largest absolute Gasteiger partial charge is 0.493 e. The number of amides is 2. The highest BCUT2D eigenvalue weighted by Gasteiger charge is 2.43. The summed E-state index contributed by atoms with van der Waals surface area (Å²) in [4.78, 5) is 26.6. The lowest BCUT2D eigenvalue weighted by atomic mass is 9.76. The molecule has 2 aliphatic heterocycles. The molecule has 1 aromatic rings. The van der Waals surface area contributed by atoms with Crippen molar-refractivity contribution in [3.8, 4) is 11.5 Å². The molecule has 1 fully saturated rings. The topological polar surface area (TPSA) is 71.4 Å². The Morgan fingerprint density at radius 1 is 1.07 bits per heavy atom. The van der Waals surface area contributed by atoms with E-state index < -0.39 is 0 Å². The molecule has 1 saturated heterocycles. The number of hydrogen-bond acceptors (Lipinski definition) is 5. The zero-order valence-corrected chi connectivity index (χ0v) is 18.2. The number of carbonyl (C=O) groups is 2. The van der Waals surface area contributed by atoms with Gasteiger partial charge in [-0.25, -0.2) is 5.01 Å². The minimum Gasteiger partial charge on any atom is -0.493 e. The lowest BCUT2D eigenvalue weighted by Gasteiger charge is -2.42. The number of hydrazone groups is 1. The second-order valence-electron chi connectivity index (χ2n) is 7.89. The Balaban J connectivity index is 1.68.